The Morgan fingerprint density at radius 2 is 1.73 bits per heavy atom. The van der Waals surface area contributed by atoms with E-state index in [1.807, 2.05) is 30.3 Å². The maximum Gasteiger partial charge on any atom is 0.316 e. The van der Waals surface area contributed by atoms with E-state index >= 15 is 0 Å². The second-order valence-electron chi connectivity index (χ2n) is 7.68. The minimum absolute atomic E-state index is 0.204. The van der Waals surface area contributed by atoms with Crippen LogP contribution in [0.15, 0.2) is 48.8 Å². The van der Waals surface area contributed by atoms with Crippen LogP contribution in [0, 0.1) is 0 Å². The Balaban J connectivity index is 1.37. The third-order valence-corrected chi connectivity index (χ3v) is 5.42. The Morgan fingerprint density at radius 1 is 1.03 bits per heavy atom. The lowest BCUT2D eigenvalue weighted by molar-refractivity contribution is 0.0338. The van der Waals surface area contributed by atoms with Crippen LogP contribution in [0.25, 0.3) is 21.9 Å². The van der Waals surface area contributed by atoms with E-state index in [9.17, 15) is 10.2 Å². The first-order valence-electron chi connectivity index (χ1n) is 10.2. The maximum absolute atomic E-state index is 10.3. The van der Waals surface area contributed by atoms with E-state index in [4.69, 9.17) is 9.47 Å². The van der Waals surface area contributed by atoms with Gasteiger partial charge in [-0.1, -0.05) is 18.2 Å². The van der Waals surface area contributed by atoms with Crippen LogP contribution in [0.1, 0.15) is 12.8 Å². The number of nitrogens with zero attached hydrogens (tertiary/aromatic N) is 3. The standard InChI is InChI=1S/C23H27N3O4/c1-29-23-24-12-19(13-25-23)17-2-3-18-11-22(5-4-16(18)10-17)30-15-21(28)14-26-8-6-20(27)7-9-26/h2-5,10-13,20-21,27-28H,6-9,14-15H2,1H3. The number of rotatable bonds is 7. The van der Waals surface area contributed by atoms with Crippen molar-refractivity contribution in [3.05, 3.63) is 48.8 Å². The summed E-state index contributed by atoms with van der Waals surface area (Å²) in [6.45, 7) is 2.44. The molecule has 2 N–H and O–H groups in total. The molecule has 30 heavy (non-hydrogen) atoms. The average Bonchev–Trinajstić information content (AvgIpc) is 2.79. The number of hydrogen-bond acceptors (Lipinski definition) is 7. The van der Waals surface area contributed by atoms with Crippen molar-refractivity contribution in [2.75, 3.05) is 33.4 Å². The molecule has 0 amide bonds. The third-order valence-electron chi connectivity index (χ3n) is 5.42. The third kappa shape index (κ3) is 5.05. The molecule has 7 nitrogen and oxygen atoms in total. The zero-order valence-electron chi connectivity index (χ0n) is 17.1. The smallest absolute Gasteiger partial charge is 0.316 e. The van der Waals surface area contributed by atoms with Gasteiger partial charge in [0.15, 0.2) is 0 Å². The molecule has 0 spiro atoms. The first kappa shape index (κ1) is 20.5. The van der Waals surface area contributed by atoms with Gasteiger partial charge in [0.25, 0.3) is 0 Å². The predicted molar refractivity (Wildman–Crippen MR) is 115 cm³/mol. The number of aliphatic hydroxyl groups excluding tert-OH is 2. The Morgan fingerprint density at radius 3 is 2.47 bits per heavy atom. The van der Waals surface area contributed by atoms with E-state index in [-0.39, 0.29) is 12.7 Å². The fraction of sp³-hybridized carbons (Fsp3) is 0.391. The summed E-state index contributed by atoms with van der Waals surface area (Å²) < 4.78 is 10.8. The Kier molecular flexibility index (Phi) is 6.42. The molecule has 7 heteroatoms. The lowest BCUT2D eigenvalue weighted by Gasteiger charge is -2.30. The molecule has 2 aromatic carbocycles. The number of hydrogen-bond donors (Lipinski definition) is 2. The van der Waals surface area contributed by atoms with E-state index in [1.165, 1.54) is 0 Å². The molecule has 1 aliphatic heterocycles. The first-order valence-corrected chi connectivity index (χ1v) is 10.2. The van der Waals surface area contributed by atoms with Crippen molar-refractivity contribution in [1.29, 1.82) is 0 Å². The lowest BCUT2D eigenvalue weighted by atomic mass is 10.0. The number of methoxy groups -OCH3 is 1. The molecule has 0 radical (unpaired) electrons. The average molecular weight is 409 g/mol. The summed E-state index contributed by atoms with van der Waals surface area (Å²) in [5.74, 6) is 0.733. The normalized spacial score (nSPS) is 16.5. The summed E-state index contributed by atoms with van der Waals surface area (Å²) in [4.78, 5) is 10.5. The summed E-state index contributed by atoms with van der Waals surface area (Å²) in [5, 5.41) is 22.0. The molecule has 158 valence electrons. The van der Waals surface area contributed by atoms with E-state index < -0.39 is 6.10 Å². The van der Waals surface area contributed by atoms with Crippen molar-refractivity contribution >= 4 is 10.8 Å². The van der Waals surface area contributed by atoms with Crippen molar-refractivity contribution in [1.82, 2.24) is 14.9 Å². The molecular weight excluding hydrogens is 382 g/mol. The van der Waals surface area contributed by atoms with Crippen molar-refractivity contribution in [2.45, 2.75) is 25.0 Å². The second kappa shape index (κ2) is 9.38. The minimum atomic E-state index is -0.562. The monoisotopic (exact) mass is 409 g/mol. The molecule has 1 fully saturated rings. The number of benzene rings is 2. The molecule has 4 rings (SSSR count). The van der Waals surface area contributed by atoms with E-state index in [0.29, 0.717) is 12.6 Å². The van der Waals surface area contributed by atoms with Crippen molar-refractivity contribution in [3.63, 3.8) is 0 Å². The van der Waals surface area contributed by atoms with Crippen LogP contribution < -0.4 is 9.47 Å². The Labute approximate surface area is 175 Å². The second-order valence-corrected chi connectivity index (χ2v) is 7.68. The Bertz CT molecular complexity index is 972. The van der Waals surface area contributed by atoms with Gasteiger partial charge < -0.3 is 24.6 Å². The molecule has 1 saturated heterocycles. The van der Waals surface area contributed by atoms with Gasteiger partial charge in [-0.05, 0) is 47.4 Å². The van der Waals surface area contributed by atoms with Gasteiger partial charge in [-0.15, -0.1) is 0 Å². The van der Waals surface area contributed by atoms with Crippen molar-refractivity contribution < 1.29 is 19.7 Å². The minimum Gasteiger partial charge on any atom is -0.491 e. The van der Waals surface area contributed by atoms with Crippen molar-refractivity contribution in [2.24, 2.45) is 0 Å². The van der Waals surface area contributed by atoms with Gasteiger partial charge in [-0.25, -0.2) is 9.97 Å². The topological polar surface area (TPSA) is 87.9 Å². The molecule has 1 aliphatic rings. The van der Waals surface area contributed by atoms with Gasteiger partial charge in [0.05, 0.1) is 13.2 Å². The van der Waals surface area contributed by atoms with Gasteiger partial charge >= 0.3 is 6.01 Å². The van der Waals surface area contributed by atoms with Crippen LogP contribution in [0.3, 0.4) is 0 Å². The van der Waals surface area contributed by atoms with E-state index in [0.717, 1.165) is 53.6 Å². The van der Waals surface area contributed by atoms with Crippen LogP contribution in [0.4, 0.5) is 0 Å². The number of aliphatic hydroxyl groups is 2. The number of piperidine rings is 1. The molecule has 1 unspecified atom stereocenters. The molecule has 1 aromatic heterocycles. The van der Waals surface area contributed by atoms with Crippen LogP contribution in [0.2, 0.25) is 0 Å². The number of likely N-dealkylation sites (tertiary alicyclic amines) is 1. The number of fused-ring (bicyclic) bond motifs is 1. The largest absolute Gasteiger partial charge is 0.491 e. The number of ether oxygens (including phenoxy) is 2. The maximum atomic E-state index is 10.3. The SMILES string of the molecule is COc1ncc(-c2ccc3cc(OCC(O)CN4CCC(O)CC4)ccc3c2)cn1. The summed E-state index contributed by atoms with van der Waals surface area (Å²) in [5.41, 5.74) is 1.95. The van der Waals surface area contributed by atoms with Crippen LogP contribution in [0.5, 0.6) is 11.8 Å². The van der Waals surface area contributed by atoms with Gasteiger partial charge in [-0.2, -0.15) is 0 Å². The van der Waals surface area contributed by atoms with Crippen LogP contribution >= 0.6 is 0 Å². The van der Waals surface area contributed by atoms with Gasteiger partial charge in [-0.3, -0.25) is 0 Å². The van der Waals surface area contributed by atoms with Gasteiger partial charge in [0, 0.05) is 37.6 Å². The fourth-order valence-electron chi connectivity index (χ4n) is 3.71. The molecule has 0 bridgehead atoms. The van der Waals surface area contributed by atoms with E-state index in [2.05, 4.69) is 20.9 Å². The fourth-order valence-corrected chi connectivity index (χ4v) is 3.71. The van der Waals surface area contributed by atoms with Crippen LogP contribution in [-0.2, 0) is 0 Å². The molecule has 2 heterocycles. The molecule has 0 saturated carbocycles. The van der Waals surface area contributed by atoms with Crippen molar-refractivity contribution in [3.8, 4) is 22.9 Å². The Hall–Kier alpha value is -2.74. The van der Waals surface area contributed by atoms with Gasteiger partial charge in [0.1, 0.15) is 18.5 Å². The zero-order valence-corrected chi connectivity index (χ0v) is 17.1. The van der Waals surface area contributed by atoms with E-state index in [1.54, 1.807) is 19.5 Å². The highest BCUT2D eigenvalue weighted by Crippen LogP contribution is 2.27. The summed E-state index contributed by atoms with van der Waals surface area (Å²) in [6.07, 6.45) is 4.26. The molecule has 0 aliphatic carbocycles. The van der Waals surface area contributed by atoms with Crippen LogP contribution in [-0.4, -0.2) is 70.6 Å². The summed E-state index contributed by atoms with van der Waals surface area (Å²) >= 11 is 0. The highest BCUT2D eigenvalue weighted by molar-refractivity contribution is 5.88. The summed E-state index contributed by atoms with van der Waals surface area (Å²) in [6, 6.07) is 12.4. The first-order chi connectivity index (χ1) is 14.6. The molecule has 1 atom stereocenters. The molecule has 3 aromatic rings. The highest BCUT2D eigenvalue weighted by atomic mass is 16.5. The molecular formula is C23H27N3O4. The summed E-state index contributed by atoms with van der Waals surface area (Å²) in [7, 11) is 1.54. The quantitative estimate of drug-likeness (QED) is 0.620. The lowest BCUT2D eigenvalue weighted by Crippen LogP contribution is -2.41. The number of β-amino-alcohol motifs (C(OH)–C–C–N with tert-alkyl or cyclic N) is 1. The van der Waals surface area contributed by atoms with Gasteiger partial charge in [0.2, 0.25) is 0 Å². The number of aromatic nitrogens is 2. The zero-order chi connectivity index (χ0) is 20.9. The highest BCUT2D eigenvalue weighted by Gasteiger charge is 2.19. The predicted octanol–water partition coefficient (Wildman–Crippen LogP) is 2.50.